The van der Waals surface area contributed by atoms with Crippen LogP contribution < -0.4 is 4.90 Å². The van der Waals surface area contributed by atoms with Gasteiger partial charge < -0.3 is 18.7 Å². The van der Waals surface area contributed by atoms with Crippen molar-refractivity contribution in [2.24, 2.45) is 0 Å². The smallest absolute Gasteiger partial charge is 0.324 e. The summed E-state index contributed by atoms with van der Waals surface area (Å²) >= 11 is 0. The first kappa shape index (κ1) is 15.4. The molecular weight excluding hydrogens is 327 g/mol. The van der Waals surface area contributed by atoms with Crippen molar-refractivity contribution in [3.05, 3.63) is 54.2 Å². The number of rotatable bonds is 3. The molecule has 1 aromatic carbocycles. The van der Waals surface area contributed by atoms with Gasteiger partial charge in [-0.25, -0.2) is 4.39 Å². The van der Waals surface area contributed by atoms with E-state index < -0.39 is 5.82 Å². The Labute approximate surface area is 142 Å². The predicted molar refractivity (Wildman–Crippen MR) is 86.5 cm³/mol. The summed E-state index contributed by atoms with van der Waals surface area (Å²) in [6, 6.07) is 9.93. The Bertz CT molecular complexity index is 870. The van der Waals surface area contributed by atoms with Gasteiger partial charge in [-0.2, -0.15) is 4.98 Å². The number of carbonyl (C=O) groups is 1. The van der Waals surface area contributed by atoms with Gasteiger partial charge in [0.25, 0.3) is 5.91 Å². The van der Waals surface area contributed by atoms with Gasteiger partial charge in [0, 0.05) is 26.2 Å². The predicted octanol–water partition coefficient (Wildman–Crippen LogP) is 2.43. The molecule has 3 heterocycles. The van der Waals surface area contributed by atoms with E-state index in [2.05, 4.69) is 10.1 Å². The van der Waals surface area contributed by atoms with Gasteiger partial charge in [-0.1, -0.05) is 17.3 Å². The topological polar surface area (TPSA) is 75.6 Å². The van der Waals surface area contributed by atoms with E-state index in [-0.39, 0.29) is 11.7 Å². The summed E-state index contributed by atoms with van der Waals surface area (Å²) in [6.45, 7) is 2.12. The van der Waals surface area contributed by atoms with E-state index in [1.165, 1.54) is 12.3 Å². The molecule has 0 N–H and O–H groups in total. The van der Waals surface area contributed by atoms with Gasteiger partial charge in [0.05, 0.1) is 11.8 Å². The number of anilines is 1. The zero-order chi connectivity index (χ0) is 17.2. The normalized spacial score (nSPS) is 14.8. The van der Waals surface area contributed by atoms with Crippen LogP contribution in [0.3, 0.4) is 0 Å². The minimum Gasteiger partial charge on any atom is -0.459 e. The van der Waals surface area contributed by atoms with E-state index in [1.807, 2.05) is 4.90 Å². The Morgan fingerprint density at radius 1 is 1.08 bits per heavy atom. The van der Waals surface area contributed by atoms with Crippen molar-refractivity contribution in [3.63, 3.8) is 0 Å². The zero-order valence-electron chi connectivity index (χ0n) is 13.3. The van der Waals surface area contributed by atoms with Crippen LogP contribution in [-0.4, -0.2) is 47.1 Å². The number of carbonyl (C=O) groups excluding carboxylic acids is 1. The van der Waals surface area contributed by atoms with Gasteiger partial charge in [0.1, 0.15) is 5.82 Å². The van der Waals surface area contributed by atoms with E-state index in [1.54, 1.807) is 35.2 Å². The van der Waals surface area contributed by atoms with E-state index in [0.717, 1.165) is 0 Å². The molecule has 1 aliphatic rings. The highest BCUT2D eigenvalue weighted by Crippen LogP contribution is 2.23. The number of hydrogen-bond acceptors (Lipinski definition) is 6. The lowest BCUT2D eigenvalue weighted by molar-refractivity contribution is 0.0712. The highest BCUT2D eigenvalue weighted by atomic mass is 19.1. The molecule has 0 radical (unpaired) electrons. The van der Waals surface area contributed by atoms with Gasteiger partial charge in [0.15, 0.2) is 5.76 Å². The van der Waals surface area contributed by atoms with Crippen LogP contribution in [-0.2, 0) is 0 Å². The van der Waals surface area contributed by atoms with Crippen molar-refractivity contribution in [2.45, 2.75) is 0 Å². The minimum absolute atomic E-state index is 0.137. The van der Waals surface area contributed by atoms with Crippen LogP contribution in [0.4, 0.5) is 10.4 Å². The van der Waals surface area contributed by atoms with Crippen molar-refractivity contribution >= 4 is 11.9 Å². The Balaban J connectivity index is 1.43. The Hall–Kier alpha value is -3.16. The third kappa shape index (κ3) is 2.98. The van der Waals surface area contributed by atoms with Gasteiger partial charge in [0.2, 0.25) is 5.82 Å². The van der Waals surface area contributed by atoms with E-state index in [4.69, 9.17) is 8.94 Å². The fraction of sp³-hybridized carbons (Fsp3) is 0.235. The number of furan rings is 1. The highest BCUT2D eigenvalue weighted by Gasteiger charge is 2.26. The molecule has 25 heavy (non-hydrogen) atoms. The van der Waals surface area contributed by atoms with Crippen LogP contribution in [0.2, 0.25) is 0 Å². The monoisotopic (exact) mass is 342 g/mol. The molecule has 2 aromatic heterocycles. The van der Waals surface area contributed by atoms with Crippen LogP contribution in [0, 0.1) is 5.82 Å². The Kier molecular flexibility index (Phi) is 3.93. The van der Waals surface area contributed by atoms with Crippen LogP contribution in [0.15, 0.2) is 51.6 Å². The lowest BCUT2D eigenvalue weighted by atomic mass is 10.2. The number of piperazine rings is 1. The molecule has 7 nitrogen and oxygen atoms in total. The van der Waals surface area contributed by atoms with Crippen LogP contribution >= 0.6 is 0 Å². The molecule has 0 bridgehead atoms. The first-order valence-electron chi connectivity index (χ1n) is 7.89. The fourth-order valence-corrected chi connectivity index (χ4v) is 2.75. The molecule has 0 aliphatic carbocycles. The summed E-state index contributed by atoms with van der Waals surface area (Å²) < 4.78 is 24.2. The van der Waals surface area contributed by atoms with E-state index in [9.17, 15) is 9.18 Å². The SMILES string of the molecule is O=C(c1ccco1)N1CCN(c2nc(-c3ccccc3F)no2)CC1. The minimum atomic E-state index is -0.399. The molecule has 1 aliphatic heterocycles. The molecule has 4 rings (SSSR count). The molecule has 0 saturated carbocycles. The molecule has 3 aromatic rings. The Morgan fingerprint density at radius 2 is 1.88 bits per heavy atom. The number of amides is 1. The molecule has 0 unspecified atom stereocenters. The first-order chi connectivity index (χ1) is 12.2. The van der Waals surface area contributed by atoms with Gasteiger partial charge in [-0.15, -0.1) is 0 Å². The summed E-state index contributed by atoms with van der Waals surface area (Å²) in [5.41, 5.74) is 0.295. The summed E-state index contributed by atoms with van der Waals surface area (Å²) in [4.78, 5) is 20.1. The maximum Gasteiger partial charge on any atom is 0.324 e. The third-order valence-corrected chi connectivity index (χ3v) is 4.10. The summed E-state index contributed by atoms with van der Waals surface area (Å²) in [7, 11) is 0. The van der Waals surface area contributed by atoms with Crippen molar-refractivity contribution in [1.29, 1.82) is 0 Å². The van der Waals surface area contributed by atoms with Gasteiger partial charge in [-0.05, 0) is 24.3 Å². The average Bonchev–Trinajstić information content (AvgIpc) is 3.34. The summed E-state index contributed by atoms with van der Waals surface area (Å²) in [6.07, 6.45) is 1.48. The first-order valence-corrected chi connectivity index (χ1v) is 7.89. The van der Waals surface area contributed by atoms with Gasteiger partial charge in [-0.3, -0.25) is 4.79 Å². The summed E-state index contributed by atoms with van der Waals surface area (Å²) in [5.74, 6) is 0.00112. The van der Waals surface area contributed by atoms with Crippen LogP contribution in [0.5, 0.6) is 0 Å². The molecule has 0 spiro atoms. The second-order valence-electron chi connectivity index (χ2n) is 5.64. The van der Waals surface area contributed by atoms with Crippen LogP contribution in [0.1, 0.15) is 10.6 Å². The molecule has 1 fully saturated rings. The molecule has 1 saturated heterocycles. The zero-order valence-corrected chi connectivity index (χ0v) is 13.3. The van der Waals surface area contributed by atoms with Crippen molar-refractivity contribution in [2.75, 3.05) is 31.1 Å². The van der Waals surface area contributed by atoms with Gasteiger partial charge >= 0.3 is 6.01 Å². The lowest BCUT2D eigenvalue weighted by Crippen LogP contribution is -2.48. The largest absolute Gasteiger partial charge is 0.459 e. The molecule has 128 valence electrons. The second kappa shape index (κ2) is 6.39. The lowest BCUT2D eigenvalue weighted by Gasteiger charge is -2.32. The maximum absolute atomic E-state index is 13.8. The highest BCUT2D eigenvalue weighted by molar-refractivity contribution is 5.91. The number of aromatic nitrogens is 2. The molecule has 8 heteroatoms. The van der Waals surface area contributed by atoms with Crippen molar-refractivity contribution in [3.8, 4) is 11.4 Å². The van der Waals surface area contributed by atoms with E-state index >= 15 is 0 Å². The third-order valence-electron chi connectivity index (χ3n) is 4.10. The van der Waals surface area contributed by atoms with Crippen molar-refractivity contribution in [1.82, 2.24) is 15.0 Å². The summed E-state index contributed by atoms with van der Waals surface area (Å²) in [5, 5.41) is 3.85. The second-order valence-corrected chi connectivity index (χ2v) is 5.64. The van der Waals surface area contributed by atoms with E-state index in [0.29, 0.717) is 43.5 Å². The average molecular weight is 342 g/mol. The fourth-order valence-electron chi connectivity index (χ4n) is 2.75. The van der Waals surface area contributed by atoms with Crippen molar-refractivity contribution < 1.29 is 18.1 Å². The molecular formula is C17H15FN4O3. The number of nitrogens with zero attached hydrogens (tertiary/aromatic N) is 4. The molecule has 1 amide bonds. The standard InChI is InChI=1S/C17H15FN4O3/c18-13-5-2-1-4-12(13)15-19-17(25-20-15)22-9-7-21(8-10-22)16(23)14-6-3-11-24-14/h1-6,11H,7-10H2. The van der Waals surface area contributed by atoms with Crippen LogP contribution in [0.25, 0.3) is 11.4 Å². The Morgan fingerprint density at radius 3 is 2.60 bits per heavy atom. The number of benzene rings is 1. The number of halogens is 1. The molecule has 0 atom stereocenters. The quantitative estimate of drug-likeness (QED) is 0.728. The maximum atomic E-state index is 13.8. The number of hydrogen-bond donors (Lipinski definition) is 0.